The molecule has 1 N–H and O–H groups in total. The van der Waals surface area contributed by atoms with Gasteiger partial charge < -0.3 is 10.2 Å². The van der Waals surface area contributed by atoms with Crippen LogP contribution in [0.25, 0.3) is 0 Å². The Kier molecular flexibility index (Phi) is 6.71. The molecule has 2 saturated heterocycles. The minimum Gasteiger partial charge on any atom is -0.338 e. The molecule has 1 aromatic heterocycles. The number of hydrogen-bond donors (Lipinski definition) is 1. The van der Waals surface area contributed by atoms with Crippen LogP contribution in [0.5, 0.6) is 0 Å². The first kappa shape index (κ1) is 21.9. The van der Waals surface area contributed by atoms with Crippen LogP contribution in [0.4, 0.5) is 11.6 Å². The predicted molar refractivity (Wildman–Crippen MR) is 119 cm³/mol. The van der Waals surface area contributed by atoms with E-state index in [9.17, 15) is 13.2 Å². The number of rotatable bonds is 6. The fourth-order valence-electron chi connectivity index (χ4n) is 3.79. The normalized spacial score (nSPS) is 18.3. The van der Waals surface area contributed by atoms with Crippen LogP contribution >= 0.6 is 11.6 Å². The lowest BCUT2D eigenvalue weighted by Crippen LogP contribution is -2.49. The maximum absolute atomic E-state index is 12.8. The van der Waals surface area contributed by atoms with Crippen LogP contribution in [0, 0.1) is 0 Å². The van der Waals surface area contributed by atoms with Crippen molar-refractivity contribution in [1.29, 1.82) is 0 Å². The second-order valence-corrected chi connectivity index (χ2v) is 9.96. The van der Waals surface area contributed by atoms with Gasteiger partial charge in [0, 0.05) is 51.7 Å². The number of nitrogens with zero attached hydrogens (tertiary/aromatic N) is 5. The molecule has 11 heteroatoms. The van der Waals surface area contributed by atoms with Crippen LogP contribution in [0.2, 0.25) is 5.02 Å². The zero-order valence-electron chi connectivity index (χ0n) is 17.1. The Morgan fingerprint density at radius 3 is 2.39 bits per heavy atom. The van der Waals surface area contributed by atoms with Crippen LogP contribution < -0.4 is 10.2 Å². The molecule has 2 aliphatic heterocycles. The number of carbonyl (C=O) groups is 1. The molecule has 1 aromatic carbocycles. The van der Waals surface area contributed by atoms with Crippen molar-refractivity contribution in [1.82, 2.24) is 19.2 Å². The van der Waals surface area contributed by atoms with Gasteiger partial charge in [-0.25, -0.2) is 18.4 Å². The highest BCUT2D eigenvalue weighted by molar-refractivity contribution is 7.89. The minimum atomic E-state index is -3.58. The summed E-state index contributed by atoms with van der Waals surface area (Å²) in [6.45, 7) is 4.08. The second-order valence-electron chi connectivity index (χ2n) is 7.61. The first-order chi connectivity index (χ1) is 14.9. The third kappa shape index (κ3) is 5.15. The van der Waals surface area contributed by atoms with Gasteiger partial charge in [0.05, 0.1) is 22.2 Å². The molecule has 0 spiro atoms. The number of piperazine rings is 1. The summed E-state index contributed by atoms with van der Waals surface area (Å²) in [4.78, 5) is 25.4. The number of sulfonamides is 1. The van der Waals surface area contributed by atoms with Crippen molar-refractivity contribution in [3.63, 3.8) is 0 Å². The van der Waals surface area contributed by atoms with Gasteiger partial charge in [-0.3, -0.25) is 9.69 Å². The Morgan fingerprint density at radius 1 is 1.03 bits per heavy atom. The molecule has 2 aliphatic rings. The summed E-state index contributed by atoms with van der Waals surface area (Å²) in [5, 5.41) is 3.08. The molecule has 0 radical (unpaired) electrons. The lowest BCUT2D eigenvalue weighted by atomic mass is 10.3. The zero-order chi connectivity index (χ0) is 21.8. The summed E-state index contributed by atoms with van der Waals surface area (Å²) in [6, 6.07) is 6.22. The monoisotopic (exact) mass is 464 g/mol. The van der Waals surface area contributed by atoms with Crippen molar-refractivity contribution in [2.45, 2.75) is 17.7 Å². The number of hydrogen-bond acceptors (Lipinski definition) is 7. The van der Waals surface area contributed by atoms with Gasteiger partial charge in [0.2, 0.25) is 21.9 Å². The quantitative estimate of drug-likeness (QED) is 0.694. The standard InChI is InChI=1S/C20H25ClN6O3S/c21-17-5-4-16(31(29,30)27-8-1-2-9-27)14-18(17)24-19(28)15-25-10-12-26(13-11-25)20-22-6-3-7-23-20/h3-7,14H,1-2,8-13,15H2,(H,24,28). The molecular formula is C20H25ClN6O3S. The number of nitrogens with one attached hydrogen (secondary N) is 1. The number of halogens is 1. The Balaban J connectivity index is 1.36. The number of anilines is 2. The summed E-state index contributed by atoms with van der Waals surface area (Å²) in [7, 11) is -3.58. The van der Waals surface area contributed by atoms with Gasteiger partial charge in [-0.1, -0.05) is 11.6 Å². The topological polar surface area (TPSA) is 98.7 Å². The molecule has 1 amide bonds. The van der Waals surface area contributed by atoms with Crippen molar-refractivity contribution in [3.8, 4) is 0 Å². The van der Waals surface area contributed by atoms with Crippen molar-refractivity contribution < 1.29 is 13.2 Å². The highest BCUT2D eigenvalue weighted by Gasteiger charge is 2.28. The van der Waals surface area contributed by atoms with E-state index in [1.807, 2.05) is 4.90 Å². The Labute approximate surface area is 187 Å². The summed E-state index contributed by atoms with van der Waals surface area (Å²) in [6.07, 6.45) is 5.15. The second kappa shape index (κ2) is 9.47. The molecular weight excluding hydrogens is 440 g/mol. The smallest absolute Gasteiger partial charge is 0.243 e. The van der Waals surface area contributed by atoms with E-state index < -0.39 is 10.0 Å². The fourth-order valence-corrected chi connectivity index (χ4v) is 5.50. The largest absolute Gasteiger partial charge is 0.338 e. The average molecular weight is 465 g/mol. The first-order valence-corrected chi connectivity index (χ1v) is 12.1. The Bertz CT molecular complexity index is 1020. The zero-order valence-corrected chi connectivity index (χ0v) is 18.6. The van der Waals surface area contributed by atoms with Gasteiger partial charge in [0.15, 0.2) is 0 Å². The van der Waals surface area contributed by atoms with E-state index >= 15 is 0 Å². The van der Waals surface area contributed by atoms with Gasteiger partial charge in [0.1, 0.15) is 0 Å². The van der Waals surface area contributed by atoms with E-state index in [0.717, 1.165) is 25.9 Å². The third-order valence-electron chi connectivity index (χ3n) is 5.49. The minimum absolute atomic E-state index is 0.144. The average Bonchev–Trinajstić information content (AvgIpc) is 3.32. The molecule has 0 aliphatic carbocycles. The van der Waals surface area contributed by atoms with Gasteiger partial charge in [0.25, 0.3) is 0 Å². The lowest BCUT2D eigenvalue weighted by Gasteiger charge is -2.34. The van der Waals surface area contributed by atoms with Crippen LogP contribution in [0.15, 0.2) is 41.6 Å². The number of carbonyl (C=O) groups excluding carboxylic acids is 1. The van der Waals surface area contributed by atoms with E-state index in [2.05, 4.69) is 20.2 Å². The highest BCUT2D eigenvalue weighted by atomic mass is 35.5. The van der Waals surface area contributed by atoms with Crippen molar-refractivity contribution in [2.24, 2.45) is 0 Å². The molecule has 2 fully saturated rings. The van der Waals surface area contributed by atoms with Crippen molar-refractivity contribution >= 4 is 39.2 Å². The van der Waals surface area contributed by atoms with Gasteiger partial charge >= 0.3 is 0 Å². The molecule has 3 heterocycles. The van der Waals surface area contributed by atoms with E-state index in [1.165, 1.54) is 22.5 Å². The number of benzene rings is 1. The molecule has 0 unspecified atom stereocenters. The van der Waals surface area contributed by atoms with Crippen molar-refractivity contribution in [3.05, 3.63) is 41.7 Å². The maximum atomic E-state index is 12.8. The van der Waals surface area contributed by atoms with Crippen LogP contribution in [0.3, 0.4) is 0 Å². The van der Waals surface area contributed by atoms with E-state index in [-0.39, 0.29) is 17.3 Å². The Hall–Kier alpha value is -2.27. The van der Waals surface area contributed by atoms with Crippen LogP contribution in [0.1, 0.15) is 12.8 Å². The lowest BCUT2D eigenvalue weighted by molar-refractivity contribution is -0.117. The molecule has 2 aromatic rings. The summed E-state index contributed by atoms with van der Waals surface area (Å²) < 4.78 is 27.1. The fraction of sp³-hybridized carbons (Fsp3) is 0.450. The molecule has 166 valence electrons. The summed E-state index contributed by atoms with van der Waals surface area (Å²) >= 11 is 6.22. The molecule has 0 atom stereocenters. The third-order valence-corrected chi connectivity index (χ3v) is 7.71. The molecule has 9 nitrogen and oxygen atoms in total. The predicted octanol–water partition coefficient (Wildman–Crippen LogP) is 1.68. The summed E-state index contributed by atoms with van der Waals surface area (Å²) in [5.74, 6) is 0.455. The van der Waals surface area contributed by atoms with E-state index in [0.29, 0.717) is 42.8 Å². The number of aromatic nitrogens is 2. The highest BCUT2D eigenvalue weighted by Crippen LogP contribution is 2.28. The first-order valence-electron chi connectivity index (χ1n) is 10.3. The maximum Gasteiger partial charge on any atom is 0.243 e. The Morgan fingerprint density at radius 2 is 1.71 bits per heavy atom. The van der Waals surface area contributed by atoms with Gasteiger partial charge in [-0.15, -0.1) is 0 Å². The SMILES string of the molecule is O=C(CN1CCN(c2ncccn2)CC1)Nc1cc(S(=O)(=O)N2CCCC2)ccc1Cl. The summed E-state index contributed by atoms with van der Waals surface area (Å²) in [5.41, 5.74) is 0.309. The van der Waals surface area contributed by atoms with E-state index in [1.54, 1.807) is 18.5 Å². The van der Waals surface area contributed by atoms with Crippen LogP contribution in [-0.4, -0.2) is 79.3 Å². The molecule has 31 heavy (non-hydrogen) atoms. The van der Waals surface area contributed by atoms with Gasteiger partial charge in [-0.05, 0) is 37.1 Å². The van der Waals surface area contributed by atoms with Gasteiger partial charge in [-0.2, -0.15) is 4.31 Å². The van der Waals surface area contributed by atoms with Crippen molar-refractivity contribution in [2.75, 3.05) is 56.0 Å². The van der Waals surface area contributed by atoms with E-state index in [4.69, 9.17) is 11.6 Å². The molecule has 0 saturated carbocycles. The number of amides is 1. The molecule has 4 rings (SSSR count). The molecule has 0 bridgehead atoms. The van der Waals surface area contributed by atoms with Crippen LogP contribution in [-0.2, 0) is 14.8 Å².